The van der Waals surface area contributed by atoms with Gasteiger partial charge in [0.15, 0.2) is 0 Å². The molecule has 0 aromatic heterocycles. The molecule has 2 aliphatic rings. The zero-order valence-electron chi connectivity index (χ0n) is 22.5. The number of hydrogen-bond donors (Lipinski definition) is 1. The number of amides is 1. The highest BCUT2D eigenvalue weighted by Crippen LogP contribution is 2.26. The van der Waals surface area contributed by atoms with Crippen LogP contribution < -0.4 is 9.80 Å². The molecule has 0 unspecified atom stereocenters. The highest BCUT2D eigenvalue weighted by atomic mass is 79.9. The lowest BCUT2D eigenvalue weighted by Gasteiger charge is -2.34. The van der Waals surface area contributed by atoms with Gasteiger partial charge in [0.1, 0.15) is 0 Å². The summed E-state index contributed by atoms with van der Waals surface area (Å²) < 4.78 is 2.17. The van der Waals surface area contributed by atoms with E-state index in [4.69, 9.17) is 5.11 Å². The van der Waals surface area contributed by atoms with Crippen molar-refractivity contribution in [3.05, 3.63) is 57.5 Å². The number of carboxylic acid groups (broad SMARTS) is 1. The number of hydrogen-bond acceptors (Lipinski definition) is 4. The minimum absolute atomic E-state index is 0.160. The van der Waals surface area contributed by atoms with Gasteiger partial charge in [-0.1, -0.05) is 52.1 Å². The van der Waals surface area contributed by atoms with Crippen LogP contribution >= 0.6 is 31.9 Å². The molecule has 204 valence electrons. The van der Waals surface area contributed by atoms with Crippen LogP contribution in [0.25, 0.3) is 0 Å². The molecule has 0 spiro atoms. The standard InChI is InChI=1S/C14H19BrN2O.C12H14BrNO2.C3H8/c1-16(2)14(18)11-7-9-17(10-8-11)13-5-3-12(15)4-6-13;13-10-1-3-11(4-2-10)14-7-5-9(6-8-14)12(15)16;1-3-2/h3-6,11H,7-10H2,1-2H3;1-4,9H,5-8H2,(H,15,16);3H2,1-2H3. The maximum Gasteiger partial charge on any atom is 0.306 e. The van der Waals surface area contributed by atoms with Gasteiger partial charge >= 0.3 is 5.97 Å². The van der Waals surface area contributed by atoms with Crippen molar-refractivity contribution >= 4 is 55.1 Å². The molecule has 2 fully saturated rings. The molecule has 1 N–H and O–H groups in total. The van der Waals surface area contributed by atoms with Crippen molar-refractivity contribution in [1.29, 1.82) is 0 Å². The monoisotopic (exact) mass is 637 g/mol. The zero-order valence-corrected chi connectivity index (χ0v) is 25.7. The minimum atomic E-state index is -0.657. The molecule has 2 aliphatic heterocycles. The molecule has 8 heteroatoms. The number of nitrogens with zero attached hydrogens (tertiary/aromatic N) is 3. The van der Waals surface area contributed by atoms with Gasteiger partial charge < -0.3 is 19.8 Å². The third kappa shape index (κ3) is 10.3. The number of carbonyl (C=O) groups is 2. The van der Waals surface area contributed by atoms with Crippen molar-refractivity contribution in [2.75, 3.05) is 50.1 Å². The summed E-state index contributed by atoms with van der Waals surface area (Å²) in [5, 5.41) is 8.91. The third-order valence-corrected chi connectivity index (χ3v) is 7.57. The fourth-order valence-electron chi connectivity index (χ4n) is 4.44. The van der Waals surface area contributed by atoms with E-state index in [0.717, 1.165) is 60.8 Å². The molecule has 1 amide bonds. The Morgan fingerprint density at radius 3 is 1.38 bits per heavy atom. The van der Waals surface area contributed by atoms with Gasteiger partial charge in [0.25, 0.3) is 0 Å². The van der Waals surface area contributed by atoms with E-state index in [9.17, 15) is 9.59 Å². The lowest BCUT2D eigenvalue weighted by molar-refractivity contribution is -0.142. The summed E-state index contributed by atoms with van der Waals surface area (Å²) in [6.07, 6.45) is 4.64. The van der Waals surface area contributed by atoms with Crippen molar-refractivity contribution in [2.24, 2.45) is 11.8 Å². The molecule has 2 saturated heterocycles. The molecule has 0 radical (unpaired) electrons. The average Bonchev–Trinajstić information content (AvgIpc) is 2.90. The normalized spacial score (nSPS) is 16.2. The molecule has 37 heavy (non-hydrogen) atoms. The summed E-state index contributed by atoms with van der Waals surface area (Å²) in [4.78, 5) is 29.0. The van der Waals surface area contributed by atoms with Crippen LogP contribution in [0.1, 0.15) is 46.0 Å². The van der Waals surface area contributed by atoms with Crippen LogP contribution in [0.3, 0.4) is 0 Å². The van der Waals surface area contributed by atoms with Crippen molar-refractivity contribution < 1.29 is 14.7 Å². The van der Waals surface area contributed by atoms with Gasteiger partial charge in [0.2, 0.25) is 5.91 Å². The highest BCUT2D eigenvalue weighted by molar-refractivity contribution is 9.10. The molecule has 0 aliphatic carbocycles. The second-order valence-corrected chi connectivity index (χ2v) is 11.6. The molecule has 0 atom stereocenters. The van der Waals surface area contributed by atoms with Crippen LogP contribution in [-0.4, -0.2) is 62.2 Å². The van der Waals surface area contributed by atoms with Crippen molar-refractivity contribution in [1.82, 2.24) is 4.90 Å². The SMILES string of the molecule is CCC.CN(C)C(=O)C1CCN(c2ccc(Br)cc2)CC1.O=C(O)C1CCN(c2ccc(Br)cc2)CC1. The van der Waals surface area contributed by atoms with E-state index in [1.165, 1.54) is 17.8 Å². The second kappa shape index (κ2) is 16.0. The van der Waals surface area contributed by atoms with Crippen LogP contribution in [-0.2, 0) is 9.59 Å². The van der Waals surface area contributed by atoms with E-state index in [-0.39, 0.29) is 17.7 Å². The topological polar surface area (TPSA) is 64.1 Å². The Kier molecular flexibility index (Phi) is 13.5. The maximum atomic E-state index is 11.9. The first-order valence-electron chi connectivity index (χ1n) is 13.1. The van der Waals surface area contributed by atoms with Crippen LogP contribution in [0, 0.1) is 11.8 Å². The number of halogens is 2. The van der Waals surface area contributed by atoms with Crippen molar-refractivity contribution in [3.63, 3.8) is 0 Å². The molecule has 4 rings (SSSR count). The van der Waals surface area contributed by atoms with E-state index in [2.05, 4.69) is 91.9 Å². The average molecular weight is 639 g/mol. The Balaban J connectivity index is 0.000000237. The largest absolute Gasteiger partial charge is 0.481 e. The van der Waals surface area contributed by atoms with Gasteiger partial charge in [0, 0.05) is 66.5 Å². The van der Waals surface area contributed by atoms with Crippen LogP contribution in [0.15, 0.2) is 57.5 Å². The van der Waals surface area contributed by atoms with E-state index >= 15 is 0 Å². The molecule has 0 bridgehead atoms. The van der Waals surface area contributed by atoms with E-state index in [1.807, 2.05) is 26.2 Å². The number of anilines is 2. The van der Waals surface area contributed by atoms with Crippen LogP contribution in [0.2, 0.25) is 0 Å². The molecule has 0 saturated carbocycles. The third-order valence-electron chi connectivity index (χ3n) is 6.51. The minimum Gasteiger partial charge on any atom is -0.481 e. The van der Waals surface area contributed by atoms with Crippen LogP contribution in [0.4, 0.5) is 11.4 Å². The summed E-state index contributed by atoms with van der Waals surface area (Å²) >= 11 is 6.85. The lowest BCUT2D eigenvalue weighted by Crippen LogP contribution is -2.40. The number of piperidine rings is 2. The molecule has 2 aromatic carbocycles. The summed E-state index contributed by atoms with van der Waals surface area (Å²) in [5.41, 5.74) is 2.42. The van der Waals surface area contributed by atoms with Crippen LogP contribution in [0.5, 0.6) is 0 Å². The molecule has 6 nitrogen and oxygen atoms in total. The highest BCUT2D eigenvalue weighted by Gasteiger charge is 2.26. The first-order chi connectivity index (χ1) is 17.7. The van der Waals surface area contributed by atoms with Gasteiger partial charge in [0.05, 0.1) is 5.92 Å². The number of rotatable bonds is 4. The van der Waals surface area contributed by atoms with Gasteiger partial charge in [-0.25, -0.2) is 0 Å². The van der Waals surface area contributed by atoms with E-state index < -0.39 is 5.97 Å². The second-order valence-electron chi connectivity index (χ2n) is 9.75. The Bertz CT molecular complexity index is 951. The summed E-state index contributed by atoms with van der Waals surface area (Å²) in [5.74, 6) is -0.348. The van der Waals surface area contributed by atoms with Gasteiger partial charge in [-0.2, -0.15) is 0 Å². The van der Waals surface area contributed by atoms with E-state index in [0.29, 0.717) is 0 Å². The zero-order chi connectivity index (χ0) is 27.4. The maximum absolute atomic E-state index is 11.9. The fourth-order valence-corrected chi connectivity index (χ4v) is 4.97. The predicted molar refractivity (Wildman–Crippen MR) is 160 cm³/mol. The summed E-state index contributed by atoms with van der Waals surface area (Å²) in [6, 6.07) is 16.5. The van der Waals surface area contributed by atoms with Gasteiger partial charge in [-0.3, -0.25) is 9.59 Å². The Morgan fingerprint density at radius 2 is 1.08 bits per heavy atom. The summed E-state index contributed by atoms with van der Waals surface area (Å²) in [6.45, 7) is 7.84. The Morgan fingerprint density at radius 1 is 0.757 bits per heavy atom. The number of benzene rings is 2. The predicted octanol–water partition coefficient (Wildman–Crippen LogP) is 6.92. The Labute approximate surface area is 239 Å². The molecular formula is C29H41Br2N3O3. The summed E-state index contributed by atoms with van der Waals surface area (Å²) in [7, 11) is 3.67. The molecule has 2 heterocycles. The number of aliphatic carboxylic acids is 1. The van der Waals surface area contributed by atoms with Crippen molar-refractivity contribution in [3.8, 4) is 0 Å². The van der Waals surface area contributed by atoms with Crippen molar-refractivity contribution in [2.45, 2.75) is 46.0 Å². The quantitative estimate of drug-likeness (QED) is 0.394. The number of carbonyl (C=O) groups excluding carboxylic acids is 1. The van der Waals surface area contributed by atoms with Gasteiger partial charge in [-0.15, -0.1) is 0 Å². The molecular weight excluding hydrogens is 598 g/mol. The van der Waals surface area contributed by atoms with Gasteiger partial charge in [-0.05, 0) is 74.2 Å². The fraction of sp³-hybridized carbons (Fsp3) is 0.517. The number of carboxylic acids is 1. The Hall–Kier alpha value is -2.06. The first kappa shape index (κ1) is 31.2. The lowest BCUT2D eigenvalue weighted by atomic mass is 9.95. The molecule has 2 aromatic rings. The smallest absolute Gasteiger partial charge is 0.306 e. The first-order valence-corrected chi connectivity index (χ1v) is 14.7. The van der Waals surface area contributed by atoms with E-state index in [1.54, 1.807) is 4.90 Å².